The molecule has 4 aliphatic carbocycles. The standard InChI is InChI=1S/C19H23BrClNO/c1-12-2-3-15(21)5-16(12)22-17(23)10-18-6-13-4-14(7-18)9-19(20,8-13)11-18/h2-3,5,13-14H,4,6-11H2,1H3,(H,22,23)/t13-,14+,18?,19?. The summed E-state index contributed by atoms with van der Waals surface area (Å²) in [6, 6.07) is 5.66. The van der Waals surface area contributed by atoms with E-state index in [1.165, 1.54) is 32.1 Å². The predicted molar refractivity (Wildman–Crippen MR) is 98.2 cm³/mol. The molecule has 1 aromatic rings. The largest absolute Gasteiger partial charge is 0.326 e. The molecule has 2 unspecified atom stereocenters. The first-order valence-electron chi connectivity index (χ1n) is 8.60. The normalized spacial score (nSPS) is 37.9. The van der Waals surface area contributed by atoms with E-state index in [-0.39, 0.29) is 11.3 Å². The minimum atomic E-state index is 0.147. The van der Waals surface area contributed by atoms with Crippen molar-refractivity contribution in [3.63, 3.8) is 0 Å². The fourth-order valence-electron chi connectivity index (χ4n) is 5.81. The van der Waals surface area contributed by atoms with Gasteiger partial charge in [-0.25, -0.2) is 0 Å². The number of aryl methyl sites for hydroxylation is 1. The fraction of sp³-hybridized carbons (Fsp3) is 0.632. The molecular formula is C19H23BrClNO. The first-order chi connectivity index (χ1) is 10.8. The molecule has 0 aliphatic heterocycles. The molecule has 4 heteroatoms. The topological polar surface area (TPSA) is 29.1 Å². The van der Waals surface area contributed by atoms with E-state index >= 15 is 0 Å². The molecule has 5 rings (SSSR count). The molecule has 4 saturated carbocycles. The average Bonchev–Trinajstić information content (AvgIpc) is 2.39. The number of alkyl halides is 1. The molecule has 0 saturated heterocycles. The van der Waals surface area contributed by atoms with E-state index in [1.807, 2.05) is 25.1 Å². The number of benzene rings is 1. The first-order valence-corrected chi connectivity index (χ1v) is 9.77. The summed E-state index contributed by atoms with van der Waals surface area (Å²) < 4.78 is 0.309. The monoisotopic (exact) mass is 395 g/mol. The van der Waals surface area contributed by atoms with Crippen LogP contribution in [-0.4, -0.2) is 10.2 Å². The van der Waals surface area contributed by atoms with Crippen molar-refractivity contribution in [2.45, 2.75) is 56.2 Å². The van der Waals surface area contributed by atoms with Crippen molar-refractivity contribution in [1.29, 1.82) is 0 Å². The zero-order valence-electron chi connectivity index (χ0n) is 13.5. The minimum Gasteiger partial charge on any atom is -0.326 e. The fourth-order valence-corrected chi connectivity index (χ4v) is 7.49. The summed E-state index contributed by atoms with van der Waals surface area (Å²) in [4.78, 5) is 12.7. The van der Waals surface area contributed by atoms with Gasteiger partial charge in [0.2, 0.25) is 5.91 Å². The molecule has 1 aromatic carbocycles. The van der Waals surface area contributed by atoms with Crippen LogP contribution >= 0.6 is 27.5 Å². The highest BCUT2D eigenvalue weighted by molar-refractivity contribution is 9.10. The van der Waals surface area contributed by atoms with Crippen molar-refractivity contribution >= 4 is 39.1 Å². The summed E-state index contributed by atoms with van der Waals surface area (Å²) in [6.45, 7) is 2.00. The number of anilines is 1. The maximum Gasteiger partial charge on any atom is 0.224 e. The molecule has 0 radical (unpaired) electrons. The van der Waals surface area contributed by atoms with E-state index in [0.29, 0.717) is 15.8 Å². The second-order valence-corrected chi connectivity index (χ2v) is 10.4. The predicted octanol–water partition coefficient (Wildman–Crippen LogP) is 5.71. The van der Waals surface area contributed by atoms with Crippen LogP contribution in [0, 0.1) is 24.2 Å². The van der Waals surface area contributed by atoms with Gasteiger partial charge in [0.25, 0.3) is 0 Å². The third kappa shape index (κ3) is 3.07. The Labute approximate surface area is 151 Å². The molecule has 23 heavy (non-hydrogen) atoms. The number of rotatable bonds is 3. The smallest absolute Gasteiger partial charge is 0.224 e. The first kappa shape index (κ1) is 16.0. The van der Waals surface area contributed by atoms with Crippen molar-refractivity contribution in [2.24, 2.45) is 17.3 Å². The molecule has 0 heterocycles. The van der Waals surface area contributed by atoms with Gasteiger partial charge in [-0.05, 0) is 80.4 Å². The van der Waals surface area contributed by atoms with Gasteiger partial charge in [-0.1, -0.05) is 33.6 Å². The van der Waals surface area contributed by atoms with E-state index in [2.05, 4.69) is 21.2 Å². The Balaban J connectivity index is 1.49. The van der Waals surface area contributed by atoms with Crippen molar-refractivity contribution in [1.82, 2.24) is 0 Å². The number of carbonyl (C=O) groups excluding carboxylic acids is 1. The number of carbonyl (C=O) groups is 1. The Hall–Kier alpha value is -0.540. The minimum absolute atomic E-state index is 0.147. The van der Waals surface area contributed by atoms with Gasteiger partial charge in [0, 0.05) is 21.5 Å². The lowest BCUT2D eigenvalue weighted by atomic mass is 9.48. The molecule has 0 aromatic heterocycles. The van der Waals surface area contributed by atoms with Crippen molar-refractivity contribution in [3.05, 3.63) is 28.8 Å². The highest BCUT2D eigenvalue weighted by atomic mass is 79.9. The molecule has 1 N–H and O–H groups in total. The van der Waals surface area contributed by atoms with Gasteiger partial charge in [-0.2, -0.15) is 0 Å². The summed E-state index contributed by atoms with van der Waals surface area (Å²) in [6.07, 6.45) is 8.27. The van der Waals surface area contributed by atoms with Gasteiger partial charge in [0.15, 0.2) is 0 Å². The summed E-state index contributed by atoms with van der Waals surface area (Å²) in [7, 11) is 0. The maximum atomic E-state index is 12.7. The number of amides is 1. The molecule has 124 valence electrons. The molecule has 2 nitrogen and oxygen atoms in total. The maximum absolute atomic E-state index is 12.7. The van der Waals surface area contributed by atoms with Crippen LogP contribution in [0.1, 0.15) is 50.5 Å². The lowest BCUT2D eigenvalue weighted by Crippen LogP contribution is -2.53. The zero-order valence-corrected chi connectivity index (χ0v) is 15.8. The summed E-state index contributed by atoms with van der Waals surface area (Å²) in [5.74, 6) is 1.78. The van der Waals surface area contributed by atoms with E-state index in [1.54, 1.807) is 0 Å². The van der Waals surface area contributed by atoms with E-state index in [0.717, 1.165) is 29.5 Å². The van der Waals surface area contributed by atoms with Gasteiger partial charge in [0.1, 0.15) is 0 Å². The number of halogens is 2. The summed E-state index contributed by atoms with van der Waals surface area (Å²) >= 11 is 10.1. The van der Waals surface area contributed by atoms with Crippen LogP contribution in [0.15, 0.2) is 18.2 Å². The number of hydrogen-bond acceptors (Lipinski definition) is 1. The van der Waals surface area contributed by atoms with Crippen molar-refractivity contribution < 1.29 is 4.79 Å². The molecule has 0 spiro atoms. The zero-order chi connectivity index (χ0) is 16.2. The molecule has 4 atom stereocenters. The second kappa shape index (κ2) is 5.49. The third-order valence-corrected chi connectivity index (χ3v) is 7.28. The van der Waals surface area contributed by atoms with Crippen molar-refractivity contribution in [2.75, 3.05) is 5.32 Å². The van der Waals surface area contributed by atoms with Crippen LogP contribution in [-0.2, 0) is 4.79 Å². The highest BCUT2D eigenvalue weighted by Crippen LogP contribution is 2.65. The Kier molecular flexibility index (Phi) is 3.81. The Morgan fingerprint density at radius 1 is 1.30 bits per heavy atom. The van der Waals surface area contributed by atoms with E-state index in [9.17, 15) is 4.79 Å². The SMILES string of the molecule is Cc1ccc(Cl)cc1NC(=O)CC12C[C@@H]3C[C@@H](CC(Br)(C3)C1)C2. The third-order valence-electron chi connectivity index (χ3n) is 6.12. The van der Waals surface area contributed by atoms with E-state index < -0.39 is 0 Å². The molecule has 4 fully saturated rings. The van der Waals surface area contributed by atoms with Gasteiger partial charge < -0.3 is 5.32 Å². The van der Waals surface area contributed by atoms with E-state index in [4.69, 9.17) is 11.6 Å². The summed E-state index contributed by atoms with van der Waals surface area (Å²) in [5, 5.41) is 3.77. The van der Waals surface area contributed by atoms with Crippen LogP contribution in [0.5, 0.6) is 0 Å². The van der Waals surface area contributed by atoms with Gasteiger partial charge in [0.05, 0.1) is 0 Å². The van der Waals surface area contributed by atoms with Gasteiger partial charge in [-0.3, -0.25) is 4.79 Å². The molecule has 1 amide bonds. The van der Waals surface area contributed by atoms with Gasteiger partial charge >= 0.3 is 0 Å². The average molecular weight is 397 g/mol. The Morgan fingerprint density at radius 2 is 2.00 bits per heavy atom. The summed E-state index contributed by atoms with van der Waals surface area (Å²) in [5.41, 5.74) is 2.12. The lowest BCUT2D eigenvalue weighted by Gasteiger charge is -2.60. The number of hydrogen-bond donors (Lipinski definition) is 1. The highest BCUT2D eigenvalue weighted by Gasteiger charge is 2.57. The van der Waals surface area contributed by atoms with Crippen LogP contribution in [0.25, 0.3) is 0 Å². The van der Waals surface area contributed by atoms with Crippen LogP contribution in [0.3, 0.4) is 0 Å². The molecular weight excluding hydrogens is 374 g/mol. The molecule has 4 bridgehead atoms. The lowest BCUT2D eigenvalue weighted by molar-refractivity contribution is -0.123. The quantitative estimate of drug-likeness (QED) is 0.651. The van der Waals surface area contributed by atoms with Crippen molar-refractivity contribution in [3.8, 4) is 0 Å². The Bertz CT molecular complexity index is 645. The van der Waals surface area contributed by atoms with Crippen LogP contribution < -0.4 is 5.32 Å². The van der Waals surface area contributed by atoms with Gasteiger partial charge in [-0.15, -0.1) is 0 Å². The Morgan fingerprint density at radius 3 is 2.65 bits per heavy atom. The molecule has 4 aliphatic rings. The van der Waals surface area contributed by atoms with Crippen LogP contribution in [0.4, 0.5) is 5.69 Å². The van der Waals surface area contributed by atoms with Crippen LogP contribution in [0.2, 0.25) is 5.02 Å². The second-order valence-electron chi connectivity index (χ2n) is 8.30. The number of nitrogens with one attached hydrogen (secondary N) is 1.